The Morgan fingerprint density at radius 1 is 1.25 bits per heavy atom. The van der Waals surface area contributed by atoms with Crippen molar-refractivity contribution < 1.29 is 27.2 Å². The second kappa shape index (κ2) is 9.80. The minimum Gasteiger partial charge on any atom is -0.748 e. The minimum atomic E-state index is -4.33. The summed E-state index contributed by atoms with van der Waals surface area (Å²) in [6.07, 6.45) is 3.29. The Labute approximate surface area is 174 Å². The second-order valence-corrected chi connectivity index (χ2v) is 8.97. The molecule has 2 aliphatic rings. The van der Waals surface area contributed by atoms with Gasteiger partial charge in [0.25, 0.3) is 0 Å². The van der Waals surface area contributed by atoms with E-state index in [1.807, 2.05) is 44.2 Å². The van der Waals surface area contributed by atoms with E-state index >= 15 is 0 Å². The molecule has 0 aliphatic heterocycles. The number of carbonyl (C=O) groups is 1. The molecule has 6 nitrogen and oxygen atoms in total. The first-order chi connectivity index (χ1) is 12.6. The van der Waals surface area contributed by atoms with Crippen LogP contribution in [-0.2, 0) is 33.1 Å². The number of Topliss-reactive ketones (excluding diaryl/α,β-unsaturated/α-hetero) is 1. The zero-order valence-electron chi connectivity index (χ0n) is 16.4. The van der Waals surface area contributed by atoms with Crippen molar-refractivity contribution in [2.45, 2.75) is 33.1 Å². The summed E-state index contributed by atoms with van der Waals surface area (Å²) < 4.78 is 42.9. The second-order valence-electron chi connectivity index (χ2n) is 7.57. The van der Waals surface area contributed by atoms with Gasteiger partial charge in [-0.05, 0) is 36.3 Å². The van der Waals surface area contributed by atoms with Crippen LogP contribution in [0.3, 0.4) is 0 Å². The number of ether oxygens (including phenoxy) is 2. The number of ketones is 1. The molecule has 2 aliphatic carbocycles. The van der Waals surface area contributed by atoms with Crippen LogP contribution >= 0.6 is 0 Å². The van der Waals surface area contributed by atoms with Crippen LogP contribution in [-0.4, -0.2) is 37.7 Å². The van der Waals surface area contributed by atoms with Crippen LogP contribution < -0.4 is 4.74 Å². The standard InChI is InChI=1S/C10H16O4S.C10H12O2.H2S/c1-9(2)7-3-4-10(9,8(11)5-7)6-15(12,13)14;1-2-11-8-9-12-10-6-4-3-5-7-10;/h7H,3-6H2,1-2H3,(H,12,13,14);2-7H,1,8-9H2;1H2. The van der Waals surface area contributed by atoms with E-state index in [0.29, 0.717) is 26.1 Å². The van der Waals surface area contributed by atoms with Crippen molar-refractivity contribution in [2.24, 2.45) is 16.7 Å². The van der Waals surface area contributed by atoms with Gasteiger partial charge in [0.05, 0.1) is 22.1 Å². The molecule has 2 atom stereocenters. The number of carbonyl (C=O) groups excluding carboxylic acids is 1. The molecule has 2 saturated carbocycles. The summed E-state index contributed by atoms with van der Waals surface area (Å²) in [5.41, 5.74) is -1.22. The number of benzene rings is 1. The highest BCUT2D eigenvalue weighted by atomic mass is 32.2. The van der Waals surface area contributed by atoms with Gasteiger partial charge >= 0.3 is 0 Å². The molecule has 158 valence electrons. The van der Waals surface area contributed by atoms with Crippen LogP contribution in [0.1, 0.15) is 33.1 Å². The van der Waals surface area contributed by atoms with Crippen molar-refractivity contribution in [3.63, 3.8) is 0 Å². The van der Waals surface area contributed by atoms with Crippen molar-refractivity contribution in [1.29, 1.82) is 0 Å². The molecular weight excluding hydrogens is 400 g/mol. The van der Waals surface area contributed by atoms with E-state index in [0.717, 1.165) is 12.2 Å². The van der Waals surface area contributed by atoms with Crippen molar-refractivity contribution in [3.8, 4) is 5.75 Å². The molecule has 0 amide bonds. The highest BCUT2D eigenvalue weighted by Crippen LogP contribution is 2.64. The van der Waals surface area contributed by atoms with Crippen molar-refractivity contribution in [1.82, 2.24) is 0 Å². The summed E-state index contributed by atoms with van der Waals surface area (Å²) in [7, 11) is -4.33. The van der Waals surface area contributed by atoms with Gasteiger partial charge in [-0.3, -0.25) is 4.79 Å². The molecule has 0 saturated heterocycles. The molecule has 28 heavy (non-hydrogen) atoms. The van der Waals surface area contributed by atoms with Crippen LogP contribution in [0.4, 0.5) is 0 Å². The Hall–Kier alpha value is -1.51. The lowest BCUT2D eigenvalue weighted by molar-refractivity contribution is -0.128. The van der Waals surface area contributed by atoms with Crippen LogP contribution in [0, 0.1) is 16.7 Å². The predicted octanol–water partition coefficient (Wildman–Crippen LogP) is 2.35. The van der Waals surface area contributed by atoms with Crippen molar-refractivity contribution >= 4 is 29.4 Å². The maximum Gasteiger partial charge on any atom is 0.140 e. The summed E-state index contributed by atoms with van der Waals surface area (Å²) in [6.45, 7) is 8.35. The van der Waals surface area contributed by atoms with Gasteiger partial charge in [-0.25, -0.2) is 8.42 Å². The van der Waals surface area contributed by atoms with Crippen molar-refractivity contribution in [2.75, 3.05) is 19.0 Å². The molecule has 0 aromatic heterocycles. The first kappa shape index (κ1) is 24.5. The third kappa shape index (κ3) is 5.52. The molecule has 1 aromatic carbocycles. The van der Waals surface area contributed by atoms with Gasteiger partial charge in [0.15, 0.2) is 0 Å². The maximum atomic E-state index is 11.8. The predicted molar refractivity (Wildman–Crippen MR) is 113 cm³/mol. The number of hydrogen-bond donors (Lipinski definition) is 0. The van der Waals surface area contributed by atoms with Gasteiger partial charge in [-0.15, -0.1) is 0 Å². The lowest BCUT2D eigenvalue weighted by Gasteiger charge is -2.37. The fourth-order valence-electron chi connectivity index (χ4n) is 4.22. The first-order valence-electron chi connectivity index (χ1n) is 8.99. The highest BCUT2D eigenvalue weighted by molar-refractivity contribution is 7.85. The van der Waals surface area contributed by atoms with Gasteiger partial charge in [-0.2, -0.15) is 0 Å². The third-order valence-corrected chi connectivity index (χ3v) is 6.74. The zero-order valence-corrected chi connectivity index (χ0v) is 18.4. The fraction of sp³-hybridized carbons (Fsp3) is 0.550. The Balaban J connectivity index is 0.000000277. The highest BCUT2D eigenvalue weighted by Gasteiger charge is 2.64. The first-order valence-corrected chi connectivity index (χ1v) is 10.6. The summed E-state index contributed by atoms with van der Waals surface area (Å²) in [4.78, 5) is 11.8. The molecule has 2 bridgehead atoms. The molecule has 0 radical (unpaired) electrons. The van der Waals surface area contributed by atoms with Gasteiger partial charge in [0.2, 0.25) is 0 Å². The molecular formula is C20H30O6S2. The molecule has 2 fully saturated rings. The average Bonchev–Trinajstić information content (AvgIpc) is 2.93. The molecule has 3 rings (SSSR count). The summed E-state index contributed by atoms with van der Waals surface area (Å²) in [6, 6.07) is 9.64. The summed E-state index contributed by atoms with van der Waals surface area (Å²) >= 11 is 0. The van der Waals surface area contributed by atoms with Gasteiger partial charge in [0.1, 0.15) is 24.7 Å². The molecule has 8 heteroatoms. The van der Waals surface area contributed by atoms with E-state index in [1.165, 1.54) is 6.26 Å². The summed E-state index contributed by atoms with van der Waals surface area (Å²) in [5.74, 6) is 0.586. The number of fused-ring (bicyclic) bond motifs is 2. The lowest BCUT2D eigenvalue weighted by Crippen LogP contribution is -2.42. The van der Waals surface area contributed by atoms with E-state index in [9.17, 15) is 17.8 Å². The van der Waals surface area contributed by atoms with E-state index in [4.69, 9.17) is 9.47 Å². The van der Waals surface area contributed by atoms with Crippen LogP contribution in [0.5, 0.6) is 5.75 Å². The smallest absolute Gasteiger partial charge is 0.140 e. The lowest BCUT2D eigenvalue weighted by atomic mass is 9.70. The largest absolute Gasteiger partial charge is 0.748 e. The topological polar surface area (TPSA) is 92.7 Å². The summed E-state index contributed by atoms with van der Waals surface area (Å²) in [5, 5.41) is 0. The van der Waals surface area contributed by atoms with E-state index in [-0.39, 0.29) is 30.6 Å². The normalized spacial score (nSPS) is 24.5. The van der Waals surface area contributed by atoms with Gasteiger partial charge < -0.3 is 14.0 Å². The molecule has 0 heterocycles. The number of rotatable bonds is 7. The monoisotopic (exact) mass is 430 g/mol. The average molecular weight is 431 g/mol. The number of para-hydroxylation sites is 1. The maximum absolute atomic E-state index is 11.8. The Bertz CT molecular complexity index is 760. The Kier molecular flexibility index (Phi) is 8.59. The van der Waals surface area contributed by atoms with Crippen LogP contribution in [0.15, 0.2) is 43.2 Å². The minimum absolute atomic E-state index is 0. The van der Waals surface area contributed by atoms with Gasteiger partial charge in [-0.1, -0.05) is 52.1 Å². The van der Waals surface area contributed by atoms with E-state index in [1.54, 1.807) is 0 Å². The quantitative estimate of drug-likeness (QED) is 0.285. The molecule has 1 aromatic rings. The molecule has 0 spiro atoms. The van der Waals surface area contributed by atoms with E-state index < -0.39 is 21.3 Å². The van der Waals surface area contributed by atoms with Crippen molar-refractivity contribution in [3.05, 3.63) is 43.2 Å². The molecule has 2 unspecified atom stereocenters. The zero-order chi connectivity index (χ0) is 20.1. The van der Waals surface area contributed by atoms with Crippen LogP contribution in [0.2, 0.25) is 0 Å². The SMILES string of the molecule is C=COCCOc1ccccc1.CC1(C)C2CCC1(CS(=O)(=O)[O-])C(=O)C2.[SH3+]. The van der Waals surface area contributed by atoms with Crippen LogP contribution in [0.25, 0.3) is 0 Å². The van der Waals surface area contributed by atoms with E-state index in [2.05, 4.69) is 6.58 Å². The third-order valence-electron chi connectivity index (χ3n) is 5.89. The Morgan fingerprint density at radius 3 is 2.36 bits per heavy atom. The number of hydrogen-bond acceptors (Lipinski definition) is 6. The fourth-order valence-corrected chi connectivity index (χ4v) is 5.50. The Morgan fingerprint density at radius 2 is 1.89 bits per heavy atom. The van der Waals surface area contributed by atoms with Gasteiger partial charge in [0, 0.05) is 11.8 Å². The molecule has 0 N–H and O–H groups in total.